The second-order valence-corrected chi connectivity index (χ2v) is 5.09. The molecule has 1 aliphatic heterocycles. The molecule has 21 heavy (non-hydrogen) atoms. The minimum absolute atomic E-state index is 0.0953. The maximum absolute atomic E-state index is 13.8. The molecule has 0 fully saturated rings. The van der Waals surface area contributed by atoms with Gasteiger partial charge in [0.2, 0.25) is 0 Å². The molecule has 2 aromatic carbocycles. The van der Waals surface area contributed by atoms with Crippen molar-refractivity contribution in [3.05, 3.63) is 65.5 Å². The number of carbonyl (C=O) groups excluding carboxylic acids is 1. The maximum atomic E-state index is 13.8. The number of rotatable bonds is 2. The SMILES string of the molecule is CN(C(=O)c1ccccc1F)C1CCOc2ccccc21. The molecule has 0 radical (unpaired) electrons. The van der Waals surface area contributed by atoms with Crippen molar-refractivity contribution in [2.45, 2.75) is 12.5 Å². The number of fused-ring (bicyclic) bond motifs is 1. The van der Waals surface area contributed by atoms with Crippen LogP contribution < -0.4 is 4.74 Å². The van der Waals surface area contributed by atoms with Crippen molar-refractivity contribution >= 4 is 5.91 Å². The Bertz CT molecular complexity index is 671. The summed E-state index contributed by atoms with van der Waals surface area (Å²) >= 11 is 0. The van der Waals surface area contributed by atoms with Gasteiger partial charge in [-0.05, 0) is 18.2 Å². The molecule has 0 saturated carbocycles. The Labute approximate surface area is 123 Å². The minimum atomic E-state index is -0.491. The molecular weight excluding hydrogens is 269 g/mol. The summed E-state index contributed by atoms with van der Waals surface area (Å²) in [6, 6.07) is 13.6. The molecule has 0 aliphatic carbocycles. The number of hydrogen-bond acceptors (Lipinski definition) is 2. The van der Waals surface area contributed by atoms with Gasteiger partial charge < -0.3 is 9.64 Å². The van der Waals surface area contributed by atoms with Crippen LogP contribution in [-0.4, -0.2) is 24.5 Å². The van der Waals surface area contributed by atoms with Crippen LogP contribution in [0.1, 0.15) is 28.4 Å². The Morgan fingerprint density at radius 3 is 2.71 bits per heavy atom. The fourth-order valence-corrected chi connectivity index (χ4v) is 2.69. The first-order valence-electron chi connectivity index (χ1n) is 6.92. The first-order chi connectivity index (χ1) is 10.2. The van der Waals surface area contributed by atoms with Gasteiger partial charge in [-0.15, -0.1) is 0 Å². The second-order valence-electron chi connectivity index (χ2n) is 5.09. The number of para-hydroxylation sites is 1. The molecule has 0 saturated heterocycles. The lowest BCUT2D eigenvalue weighted by atomic mass is 9.98. The van der Waals surface area contributed by atoms with Gasteiger partial charge in [0, 0.05) is 19.0 Å². The number of hydrogen-bond donors (Lipinski definition) is 0. The number of benzene rings is 2. The van der Waals surface area contributed by atoms with Crippen molar-refractivity contribution in [2.24, 2.45) is 0 Å². The van der Waals surface area contributed by atoms with E-state index in [-0.39, 0.29) is 17.5 Å². The van der Waals surface area contributed by atoms with Crippen LogP contribution in [0.25, 0.3) is 0 Å². The molecule has 2 aromatic rings. The van der Waals surface area contributed by atoms with Crippen molar-refractivity contribution in [3.63, 3.8) is 0 Å². The molecule has 0 spiro atoms. The molecule has 1 amide bonds. The van der Waals surface area contributed by atoms with E-state index in [4.69, 9.17) is 4.74 Å². The van der Waals surface area contributed by atoms with Crippen LogP contribution >= 0.6 is 0 Å². The Balaban J connectivity index is 1.91. The molecule has 0 N–H and O–H groups in total. The van der Waals surface area contributed by atoms with Crippen LogP contribution in [0.15, 0.2) is 48.5 Å². The third-order valence-electron chi connectivity index (χ3n) is 3.82. The number of amides is 1. The summed E-state index contributed by atoms with van der Waals surface area (Å²) < 4.78 is 19.4. The normalized spacial score (nSPS) is 16.8. The number of carbonyl (C=O) groups is 1. The standard InChI is InChI=1S/C17H16FNO2/c1-19(17(20)12-6-2-4-8-14(12)18)15-10-11-21-16-9-5-3-7-13(15)16/h2-9,15H,10-11H2,1H3. The van der Waals surface area contributed by atoms with E-state index in [0.717, 1.165) is 11.3 Å². The van der Waals surface area contributed by atoms with Gasteiger partial charge in [-0.1, -0.05) is 30.3 Å². The zero-order chi connectivity index (χ0) is 14.8. The van der Waals surface area contributed by atoms with Crippen molar-refractivity contribution in [1.82, 2.24) is 4.90 Å². The van der Waals surface area contributed by atoms with Crippen molar-refractivity contribution in [2.75, 3.05) is 13.7 Å². The average Bonchev–Trinajstić information content (AvgIpc) is 2.53. The summed E-state index contributed by atoms with van der Waals surface area (Å²) in [6.45, 7) is 0.552. The summed E-state index contributed by atoms with van der Waals surface area (Å²) in [5, 5.41) is 0. The lowest BCUT2D eigenvalue weighted by Crippen LogP contribution is -2.34. The molecule has 0 aromatic heterocycles. The van der Waals surface area contributed by atoms with Gasteiger partial charge >= 0.3 is 0 Å². The van der Waals surface area contributed by atoms with Gasteiger partial charge in [0.15, 0.2) is 0 Å². The third kappa shape index (κ3) is 2.49. The Morgan fingerprint density at radius 1 is 1.19 bits per heavy atom. The Hall–Kier alpha value is -2.36. The number of nitrogens with zero attached hydrogens (tertiary/aromatic N) is 1. The fourth-order valence-electron chi connectivity index (χ4n) is 2.69. The third-order valence-corrected chi connectivity index (χ3v) is 3.82. The molecule has 1 heterocycles. The van der Waals surface area contributed by atoms with Crippen LogP contribution in [0, 0.1) is 5.82 Å². The highest BCUT2D eigenvalue weighted by molar-refractivity contribution is 5.94. The van der Waals surface area contributed by atoms with E-state index in [2.05, 4.69) is 0 Å². The van der Waals surface area contributed by atoms with E-state index in [9.17, 15) is 9.18 Å². The van der Waals surface area contributed by atoms with E-state index in [1.54, 1.807) is 24.1 Å². The second kappa shape index (κ2) is 5.56. The van der Waals surface area contributed by atoms with Crippen LogP contribution in [-0.2, 0) is 0 Å². The molecular formula is C17H16FNO2. The van der Waals surface area contributed by atoms with E-state index in [1.807, 2.05) is 24.3 Å². The van der Waals surface area contributed by atoms with E-state index in [1.165, 1.54) is 12.1 Å². The van der Waals surface area contributed by atoms with E-state index < -0.39 is 5.82 Å². The van der Waals surface area contributed by atoms with E-state index in [0.29, 0.717) is 13.0 Å². The lowest BCUT2D eigenvalue weighted by Gasteiger charge is -2.33. The Morgan fingerprint density at radius 2 is 1.90 bits per heavy atom. The maximum Gasteiger partial charge on any atom is 0.257 e. The van der Waals surface area contributed by atoms with Crippen LogP contribution in [0.2, 0.25) is 0 Å². The molecule has 3 nitrogen and oxygen atoms in total. The summed E-state index contributed by atoms with van der Waals surface area (Å²) in [5.74, 6) is -0.00793. The Kier molecular flexibility index (Phi) is 3.60. The van der Waals surface area contributed by atoms with Crippen molar-refractivity contribution in [3.8, 4) is 5.75 Å². The molecule has 3 rings (SSSR count). The summed E-state index contributed by atoms with van der Waals surface area (Å²) in [4.78, 5) is 14.1. The smallest absolute Gasteiger partial charge is 0.257 e. The summed E-state index contributed by atoms with van der Waals surface area (Å²) in [6.07, 6.45) is 0.702. The lowest BCUT2D eigenvalue weighted by molar-refractivity contribution is 0.0682. The van der Waals surface area contributed by atoms with Gasteiger partial charge in [0.25, 0.3) is 5.91 Å². The van der Waals surface area contributed by atoms with Gasteiger partial charge in [0.05, 0.1) is 18.2 Å². The zero-order valence-corrected chi connectivity index (χ0v) is 11.8. The van der Waals surface area contributed by atoms with Crippen LogP contribution in [0.4, 0.5) is 4.39 Å². The zero-order valence-electron chi connectivity index (χ0n) is 11.8. The van der Waals surface area contributed by atoms with Crippen molar-refractivity contribution in [1.29, 1.82) is 0 Å². The molecule has 1 unspecified atom stereocenters. The topological polar surface area (TPSA) is 29.5 Å². The average molecular weight is 285 g/mol. The predicted octanol–water partition coefficient (Wildman–Crippen LogP) is 3.42. The summed E-state index contributed by atoms with van der Waals surface area (Å²) in [7, 11) is 1.71. The highest BCUT2D eigenvalue weighted by Gasteiger charge is 2.29. The van der Waals surface area contributed by atoms with Gasteiger partial charge in [-0.25, -0.2) is 4.39 Å². The minimum Gasteiger partial charge on any atom is -0.493 e. The molecule has 1 aliphatic rings. The number of ether oxygens (including phenoxy) is 1. The van der Waals surface area contributed by atoms with Crippen LogP contribution in [0.5, 0.6) is 5.75 Å². The highest BCUT2D eigenvalue weighted by atomic mass is 19.1. The molecule has 4 heteroatoms. The fraction of sp³-hybridized carbons (Fsp3) is 0.235. The quantitative estimate of drug-likeness (QED) is 0.846. The largest absolute Gasteiger partial charge is 0.493 e. The molecule has 108 valence electrons. The highest BCUT2D eigenvalue weighted by Crippen LogP contribution is 2.35. The van der Waals surface area contributed by atoms with Crippen molar-refractivity contribution < 1.29 is 13.9 Å². The van der Waals surface area contributed by atoms with Crippen LogP contribution in [0.3, 0.4) is 0 Å². The summed E-state index contributed by atoms with van der Waals surface area (Å²) in [5.41, 5.74) is 1.07. The molecule has 1 atom stereocenters. The monoisotopic (exact) mass is 285 g/mol. The van der Waals surface area contributed by atoms with Gasteiger partial charge in [0.1, 0.15) is 11.6 Å². The van der Waals surface area contributed by atoms with Gasteiger partial charge in [-0.2, -0.15) is 0 Å². The van der Waals surface area contributed by atoms with Gasteiger partial charge in [-0.3, -0.25) is 4.79 Å². The van der Waals surface area contributed by atoms with E-state index >= 15 is 0 Å². The predicted molar refractivity (Wildman–Crippen MR) is 77.8 cm³/mol. The first kappa shape index (κ1) is 13.6. The number of halogens is 1. The first-order valence-corrected chi connectivity index (χ1v) is 6.92. The molecule has 0 bridgehead atoms.